The third kappa shape index (κ3) is 2.61. The van der Waals surface area contributed by atoms with Crippen LogP contribution in [0.4, 0.5) is 0 Å². The SMILES string of the molecule is COc1ccc(C23CC(c4ccccc4)C(O)(c4ccccc4)C2(O)c2ccccc2C3=O)cc1. The van der Waals surface area contributed by atoms with E-state index in [1.54, 1.807) is 37.4 Å². The van der Waals surface area contributed by atoms with E-state index in [0.29, 0.717) is 28.0 Å². The molecule has 2 aliphatic carbocycles. The smallest absolute Gasteiger partial charge is 0.177 e. The number of hydrogen-bond acceptors (Lipinski definition) is 4. The van der Waals surface area contributed by atoms with Crippen molar-refractivity contribution in [1.29, 1.82) is 0 Å². The maximum atomic E-state index is 14.4. The molecule has 2 N–H and O–H groups in total. The lowest BCUT2D eigenvalue weighted by molar-refractivity contribution is -0.166. The molecule has 4 heteroatoms. The molecule has 4 atom stereocenters. The molecule has 6 rings (SSSR count). The molecular formula is C31H26O4. The summed E-state index contributed by atoms with van der Waals surface area (Å²) in [6.45, 7) is 0. The van der Waals surface area contributed by atoms with Gasteiger partial charge in [0.25, 0.3) is 0 Å². The first kappa shape index (κ1) is 21.8. The van der Waals surface area contributed by atoms with Crippen molar-refractivity contribution in [1.82, 2.24) is 0 Å². The Hall–Kier alpha value is -3.73. The Kier molecular flexibility index (Phi) is 4.75. The lowest BCUT2D eigenvalue weighted by atomic mass is 9.64. The van der Waals surface area contributed by atoms with E-state index < -0.39 is 22.5 Å². The summed E-state index contributed by atoms with van der Waals surface area (Å²) < 4.78 is 5.36. The van der Waals surface area contributed by atoms with Crippen molar-refractivity contribution in [3.05, 3.63) is 137 Å². The summed E-state index contributed by atoms with van der Waals surface area (Å²) in [6, 6.07) is 33.4. The first-order valence-corrected chi connectivity index (χ1v) is 11.8. The topological polar surface area (TPSA) is 66.8 Å². The molecule has 35 heavy (non-hydrogen) atoms. The Morgan fingerprint density at radius 2 is 1.34 bits per heavy atom. The van der Waals surface area contributed by atoms with Crippen LogP contribution in [0.1, 0.15) is 45.0 Å². The van der Waals surface area contributed by atoms with Gasteiger partial charge in [-0.25, -0.2) is 0 Å². The standard InChI is InChI=1S/C31H26O4/c1-35-24-18-16-22(17-19-24)29-20-27(21-10-4-2-5-11-21)30(33,23-12-6-3-7-13-23)31(29,34)26-15-9-8-14-25(26)28(29)32/h2-19,27,33-34H,20H2,1H3. The molecule has 4 aromatic carbocycles. The predicted molar refractivity (Wildman–Crippen MR) is 133 cm³/mol. The van der Waals surface area contributed by atoms with Gasteiger partial charge in [0.2, 0.25) is 0 Å². The number of rotatable bonds is 4. The minimum Gasteiger partial charge on any atom is -0.497 e. The van der Waals surface area contributed by atoms with E-state index in [4.69, 9.17) is 4.74 Å². The fourth-order valence-corrected chi connectivity index (χ4v) is 6.58. The van der Waals surface area contributed by atoms with E-state index in [1.165, 1.54) is 0 Å². The van der Waals surface area contributed by atoms with Crippen LogP contribution in [0.5, 0.6) is 5.75 Å². The number of carbonyl (C=O) groups excluding carboxylic acids is 1. The average Bonchev–Trinajstić information content (AvgIpc) is 3.27. The largest absolute Gasteiger partial charge is 0.497 e. The van der Waals surface area contributed by atoms with Gasteiger partial charge in [0.15, 0.2) is 5.78 Å². The van der Waals surface area contributed by atoms with E-state index >= 15 is 0 Å². The van der Waals surface area contributed by atoms with E-state index in [2.05, 4.69) is 0 Å². The summed E-state index contributed by atoms with van der Waals surface area (Å²) in [6.07, 6.45) is 0.249. The van der Waals surface area contributed by atoms with Gasteiger partial charge in [0.05, 0.1) is 12.5 Å². The molecule has 4 aromatic rings. The van der Waals surface area contributed by atoms with Crippen LogP contribution in [-0.2, 0) is 16.6 Å². The Morgan fingerprint density at radius 3 is 2.00 bits per heavy atom. The van der Waals surface area contributed by atoms with Gasteiger partial charge in [-0.3, -0.25) is 4.79 Å². The first-order chi connectivity index (χ1) is 17.0. The molecular weight excluding hydrogens is 436 g/mol. The van der Waals surface area contributed by atoms with E-state index in [0.717, 1.165) is 5.56 Å². The molecule has 0 heterocycles. The zero-order valence-corrected chi connectivity index (χ0v) is 19.4. The van der Waals surface area contributed by atoms with Gasteiger partial charge in [-0.2, -0.15) is 0 Å². The molecule has 4 nitrogen and oxygen atoms in total. The van der Waals surface area contributed by atoms with Crippen molar-refractivity contribution in [2.24, 2.45) is 0 Å². The number of ether oxygens (including phenoxy) is 1. The highest BCUT2D eigenvalue weighted by molar-refractivity contribution is 6.11. The normalized spacial score (nSPS) is 29.0. The fraction of sp³-hybridized carbons (Fsp3) is 0.194. The fourth-order valence-electron chi connectivity index (χ4n) is 6.58. The van der Waals surface area contributed by atoms with Gasteiger partial charge >= 0.3 is 0 Å². The molecule has 174 valence electrons. The van der Waals surface area contributed by atoms with Crippen molar-refractivity contribution in [2.75, 3.05) is 7.11 Å². The summed E-state index contributed by atoms with van der Waals surface area (Å²) >= 11 is 0. The molecule has 0 amide bonds. The highest BCUT2D eigenvalue weighted by Crippen LogP contribution is 2.71. The molecule has 0 aromatic heterocycles. The first-order valence-electron chi connectivity index (χ1n) is 11.8. The Labute approximate surface area is 204 Å². The van der Waals surface area contributed by atoms with Gasteiger partial charge in [-0.15, -0.1) is 0 Å². The van der Waals surface area contributed by atoms with E-state index in [1.807, 2.05) is 78.9 Å². The number of benzene rings is 4. The van der Waals surface area contributed by atoms with Crippen molar-refractivity contribution >= 4 is 5.78 Å². The summed E-state index contributed by atoms with van der Waals surface area (Å²) in [4.78, 5) is 14.4. The maximum Gasteiger partial charge on any atom is 0.177 e. The monoisotopic (exact) mass is 462 g/mol. The molecule has 0 radical (unpaired) electrons. The van der Waals surface area contributed by atoms with Crippen LogP contribution >= 0.6 is 0 Å². The lowest BCUT2D eigenvalue weighted by Crippen LogP contribution is -2.56. The lowest BCUT2D eigenvalue weighted by Gasteiger charge is -2.45. The molecule has 0 aliphatic heterocycles. The molecule has 0 saturated heterocycles. The second kappa shape index (κ2) is 7.64. The minimum absolute atomic E-state index is 0.173. The summed E-state index contributed by atoms with van der Waals surface area (Å²) in [7, 11) is 1.59. The van der Waals surface area contributed by atoms with Crippen molar-refractivity contribution in [3.8, 4) is 5.75 Å². The van der Waals surface area contributed by atoms with Crippen molar-refractivity contribution in [3.63, 3.8) is 0 Å². The van der Waals surface area contributed by atoms with Crippen LogP contribution in [0.15, 0.2) is 109 Å². The van der Waals surface area contributed by atoms with Crippen molar-refractivity contribution in [2.45, 2.75) is 29.0 Å². The third-order valence-electron chi connectivity index (χ3n) is 8.13. The second-order valence-corrected chi connectivity index (χ2v) is 9.52. The minimum atomic E-state index is -1.90. The zero-order chi connectivity index (χ0) is 24.3. The summed E-state index contributed by atoms with van der Waals surface area (Å²) in [5.41, 5.74) is -2.01. The number of hydrogen-bond donors (Lipinski definition) is 2. The van der Waals surface area contributed by atoms with Crippen LogP contribution in [0.25, 0.3) is 0 Å². The van der Waals surface area contributed by atoms with E-state index in [9.17, 15) is 15.0 Å². The average molecular weight is 463 g/mol. The number of fused-ring (bicyclic) bond motifs is 3. The Balaban J connectivity index is 1.72. The van der Waals surface area contributed by atoms with Crippen LogP contribution < -0.4 is 4.74 Å². The van der Waals surface area contributed by atoms with Crippen LogP contribution in [0, 0.1) is 0 Å². The van der Waals surface area contributed by atoms with Crippen molar-refractivity contribution < 1.29 is 19.7 Å². The Morgan fingerprint density at radius 1 is 0.743 bits per heavy atom. The third-order valence-corrected chi connectivity index (χ3v) is 8.13. The zero-order valence-electron chi connectivity index (χ0n) is 19.4. The molecule has 1 fully saturated rings. The molecule has 1 saturated carbocycles. The van der Waals surface area contributed by atoms with Crippen LogP contribution in [0.3, 0.4) is 0 Å². The number of aliphatic hydroxyl groups is 2. The number of carbonyl (C=O) groups is 1. The Bertz CT molecular complexity index is 1400. The molecule has 2 aliphatic rings. The highest BCUT2D eigenvalue weighted by atomic mass is 16.5. The molecule has 4 unspecified atom stereocenters. The predicted octanol–water partition coefficient (Wildman–Crippen LogP) is 5.09. The molecule has 0 spiro atoms. The van der Waals surface area contributed by atoms with Gasteiger partial charge in [0, 0.05) is 11.5 Å². The van der Waals surface area contributed by atoms with Gasteiger partial charge in [0.1, 0.15) is 17.0 Å². The second-order valence-electron chi connectivity index (χ2n) is 9.52. The highest BCUT2D eigenvalue weighted by Gasteiger charge is 2.79. The maximum absolute atomic E-state index is 14.4. The quantitative estimate of drug-likeness (QED) is 0.443. The van der Waals surface area contributed by atoms with E-state index in [-0.39, 0.29) is 12.2 Å². The molecule has 0 bridgehead atoms. The van der Waals surface area contributed by atoms with Gasteiger partial charge in [-0.1, -0.05) is 97.1 Å². The summed E-state index contributed by atoms with van der Waals surface area (Å²) in [5, 5.41) is 25.9. The number of Topliss-reactive ketones (excluding diaryl/α,β-unsaturated/α-hetero) is 1. The van der Waals surface area contributed by atoms with Gasteiger partial charge in [-0.05, 0) is 40.8 Å². The number of ketones is 1. The van der Waals surface area contributed by atoms with Gasteiger partial charge < -0.3 is 14.9 Å². The number of methoxy groups -OCH3 is 1. The van der Waals surface area contributed by atoms with Crippen LogP contribution in [-0.4, -0.2) is 23.1 Å². The van der Waals surface area contributed by atoms with Crippen LogP contribution in [0.2, 0.25) is 0 Å². The summed E-state index contributed by atoms with van der Waals surface area (Å²) in [5.74, 6) is -0.0448.